The fraction of sp³-hybridized carbons (Fsp3) is 0.0476. The molecule has 0 saturated carbocycles. The van der Waals surface area contributed by atoms with Gasteiger partial charge in [-0.05, 0) is 34.4 Å². The van der Waals surface area contributed by atoms with Crippen LogP contribution in [0, 0.1) is 0 Å². The van der Waals surface area contributed by atoms with Crippen molar-refractivity contribution in [2.75, 3.05) is 0 Å². The second-order valence-corrected chi connectivity index (χ2v) is 14.4. The van der Waals surface area contributed by atoms with E-state index in [1.165, 1.54) is 22.7 Å². The predicted molar refractivity (Wildman–Crippen MR) is 207 cm³/mol. The first-order valence-electron chi connectivity index (χ1n) is 16.7. The van der Waals surface area contributed by atoms with Crippen LogP contribution >= 0.6 is 22.7 Å². The Kier molecular flexibility index (Phi) is 8.15. The van der Waals surface area contributed by atoms with Crippen LogP contribution in [0.4, 0.5) is 0 Å². The molecule has 0 fully saturated rings. The van der Waals surface area contributed by atoms with Crippen LogP contribution in [0.5, 0.6) is 0 Å². The summed E-state index contributed by atoms with van der Waals surface area (Å²) in [5.41, 5.74) is 6.68. The Labute approximate surface area is 305 Å². The van der Waals surface area contributed by atoms with Crippen molar-refractivity contribution < 1.29 is 0 Å². The zero-order chi connectivity index (χ0) is 35.0. The number of nitrogens with zero attached hydrogens (tertiary/aromatic N) is 6. The molecule has 0 N–H and O–H groups in total. The Balaban J connectivity index is 1.07. The molecule has 2 aliphatic rings. The first kappa shape index (κ1) is 31.6. The average Bonchev–Trinajstić information content (AvgIpc) is 3.70. The van der Waals surface area contributed by atoms with Crippen molar-refractivity contribution in [2.45, 2.75) is 12.1 Å². The van der Waals surface area contributed by atoms with E-state index in [4.69, 9.17) is 0 Å². The number of benzene rings is 5. The molecule has 0 spiro atoms. The van der Waals surface area contributed by atoms with Gasteiger partial charge in [0.25, 0.3) is 11.1 Å². The SMILES string of the molecule is O=c1/c(=C/c2ccc(/C=c3/sc4n(c3=O)[C@H](c3ccccc3)C(c3ccccc3)=NN=4)cc2)sc2n1[C@@H](c1ccccc1)C(c1ccccc1)=NN=2. The van der Waals surface area contributed by atoms with Crippen molar-refractivity contribution in [3.63, 3.8) is 0 Å². The summed E-state index contributed by atoms with van der Waals surface area (Å²) in [5.74, 6) is 0. The van der Waals surface area contributed by atoms with E-state index in [9.17, 15) is 9.59 Å². The second kappa shape index (κ2) is 13.4. The first-order chi connectivity index (χ1) is 25.6. The molecule has 2 aliphatic heterocycles. The third-order valence-electron chi connectivity index (χ3n) is 9.10. The van der Waals surface area contributed by atoms with Crippen LogP contribution < -0.4 is 29.8 Å². The van der Waals surface area contributed by atoms with Gasteiger partial charge < -0.3 is 0 Å². The van der Waals surface area contributed by atoms with Gasteiger partial charge in [-0.2, -0.15) is 0 Å². The number of hydrogen-bond donors (Lipinski definition) is 0. The second-order valence-electron chi connectivity index (χ2n) is 12.3. The number of hydrogen-bond acceptors (Lipinski definition) is 8. The molecule has 9 rings (SSSR count). The molecule has 0 unspecified atom stereocenters. The molecular weight excluding hydrogens is 685 g/mol. The van der Waals surface area contributed by atoms with Gasteiger partial charge >= 0.3 is 0 Å². The van der Waals surface area contributed by atoms with Gasteiger partial charge in [0.15, 0.2) is 0 Å². The average molecular weight is 713 g/mol. The van der Waals surface area contributed by atoms with E-state index in [0.29, 0.717) is 18.7 Å². The van der Waals surface area contributed by atoms with Gasteiger partial charge in [0.05, 0.1) is 20.5 Å². The maximum atomic E-state index is 14.0. The van der Waals surface area contributed by atoms with E-state index in [1.54, 1.807) is 9.13 Å². The number of rotatable bonds is 6. The first-order valence-corrected chi connectivity index (χ1v) is 18.3. The molecule has 2 atom stereocenters. The van der Waals surface area contributed by atoms with Crippen molar-refractivity contribution in [2.24, 2.45) is 20.4 Å². The van der Waals surface area contributed by atoms with E-state index in [-0.39, 0.29) is 11.1 Å². The Morgan fingerprint density at radius 3 is 1.15 bits per heavy atom. The van der Waals surface area contributed by atoms with Gasteiger partial charge in [-0.25, -0.2) is 0 Å². The highest BCUT2D eigenvalue weighted by molar-refractivity contribution is 7.07. The monoisotopic (exact) mass is 712 g/mol. The van der Waals surface area contributed by atoms with Crippen LogP contribution in [0.15, 0.2) is 176 Å². The number of fused-ring (bicyclic) bond motifs is 2. The van der Waals surface area contributed by atoms with Gasteiger partial charge in [0.2, 0.25) is 9.60 Å². The summed E-state index contributed by atoms with van der Waals surface area (Å²) in [5, 5.41) is 18.2. The highest BCUT2D eigenvalue weighted by atomic mass is 32.1. The molecule has 5 aromatic carbocycles. The summed E-state index contributed by atoms with van der Waals surface area (Å²) < 4.78 is 4.62. The normalized spacial score (nSPS) is 17.0. The van der Waals surface area contributed by atoms with Crippen molar-refractivity contribution in [1.82, 2.24) is 9.13 Å². The molecule has 0 saturated heterocycles. The summed E-state index contributed by atoms with van der Waals surface area (Å²) in [6.45, 7) is 0. The molecule has 52 heavy (non-hydrogen) atoms. The largest absolute Gasteiger partial charge is 0.271 e. The topological polar surface area (TPSA) is 93.4 Å². The van der Waals surface area contributed by atoms with Crippen LogP contribution in [-0.2, 0) is 0 Å². The molecule has 4 heterocycles. The lowest BCUT2D eigenvalue weighted by molar-refractivity contribution is 0.657. The molecule has 8 nitrogen and oxygen atoms in total. The minimum Gasteiger partial charge on any atom is -0.268 e. The summed E-state index contributed by atoms with van der Waals surface area (Å²) in [7, 11) is 0. The van der Waals surface area contributed by atoms with E-state index in [2.05, 4.69) is 20.4 Å². The third kappa shape index (κ3) is 5.73. The summed E-state index contributed by atoms with van der Waals surface area (Å²) in [4.78, 5) is 29.2. The van der Waals surface area contributed by atoms with Crippen molar-refractivity contribution in [3.05, 3.63) is 218 Å². The number of thiazole rings is 2. The standard InChI is InChI=1S/C42H28N6O2S2/c49-39-33(51-41-45-43-35(29-13-5-1-6-14-29)37(47(39)41)31-17-9-3-10-18-31)25-27-21-23-28(24-22-27)26-34-40(50)48-38(32-19-11-4-12-20-32)36(44-46-42(48)52-34)30-15-7-2-8-16-30/h1-26,37-38H/b33-25-,34-26+/t37-,38+/m0/s1. The molecule has 7 aromatic rings. The highest BCUT2D eigenvalue weighted by Gasteiger charge is 2.29. The molecule has 10 heteroatoms. The van der Waals surface area contributed by atoms with E-state index in [0.717, 1.165) is 44.8 Å². The van der Waals surface area contributed by atoms with Gasteiger partial charge in [-0.1, -0.05) is 168 Å². The maximum absolute atomic E-state index is 14.0. The smallest absolute Gasteiger partial charge is 0.268 e. The van der Waals surface area contributed by atoms with Crippen LogP contribution in [0.1, 0.15) is 45.5 Å². The number of aromatic nitrogens is 2. The molecule has 0 radical (unpaired) electrons. The lowest BCUT2D eigenvalue weighted by Gasteiger charge is -2.22. The molecule has 0 bridgehead atoms. The van der Waals surface area contributed by atoms with Gasteiger partial charge in [-0.15, -0.1) is 20.4 Å². The maximum Gasteiger partial charge on any atom is 0.271 e. The molecular formula is C42H28N6O2S2. The van der Waals surface area contributed by atoms with Crippen molar-refractivity contribution in [1.29, 1.82) is 0 Å². The highest BCUT2D eigenvalue weighted by Crippen LogP contribution is 2.25. The van der Waals surface area contributed by atoms with E-state index in [1.807, 2.05) is 158 Å². The zero-order valence-corrected chi connectivity index (χ0v) is 29.1. The minimum atomic E-state index is -0.405. The van der Waals surface area contributed by atoms with Gasteiger partial charge in [-0.3, -0.25) is 18.7 Å². The minimum absolute atomic E-state index is 0.123. The van der Waals surface area contributed by atoms with Gasteiger partial charge in [0, 0.05) is 11.1 Å². The Hall–Kier alpha value is -6.36. The Bertz CT molecular complexity index is 2680. The molecule has 250 valence electrons. The third-order valence-corrected chi connectivity index (χ3v) is 11.0. The predicted octanol–water partition coefficient (Wildman–Crippen LogP) is 5.04. The lowest BCUT2D eigenvalue weighted by atomic mass is 9.96. The van der Waals surface area contributed by atoms with Gasteiger partial charge in [0.1, 0.15) is 12.1 Å². The summed E-state index contributed by atoms with van der Waals surface area (Å²) in [6.07, 6.45) is 3.76. The van der Waals surface area contributed by atoms with Crippen molar-refractivity contribution >= 4 is 46.2 Å². The molecule has 0 aliphatic carbocycles. The van der Waals surface area contributed by atoms with Crippen LogP contribution in [0.3, 0.4) is 0 Å². The quantitative estimate of drug-likeness (QED) is 0.242. The lowest BCUT2D eigenvalue weighted by Crippen LogP contribution is -2.40. The van der Waals surface area contributed by atoms with Crippen LogP contribution in [0.2, 0.25) is 0 Å². The molecule has 0 amide bonds. The zero-order valence-electron chi connectivity index (χ0n) is 27.5. The van der Waals surface area contributed by atoms with Crippen LogP contribution in [-0.4, -0.2) is 20.6 Å². The fourth-order valence-corrected chi connectivity index (χ4v) is 8.53. The van der Waals surface area contributed by atoms with E-state index < -0.39 is 12.1 Å². The van der Waals surface area contributed by atoms with E-state index >= 15 is 0 Å². The Morgan fingerprint density at radius 1 is 0.442 bits per heavy atom. The van der Waals surface area contributed by atoms with Crippen LogP contribution in [0.25, 0.3) is 12.2 Å². The fourth-order valence-electron chi connectivity index (χ4n) is 6.64. The molecule has 2 aromatic heterocycles. The summed E-state index contributed by atoms with van der Waals surface area (Å²) in [6, 6.07) is 46.6. The summed E-state index contributed by atoms with van der Waals surface area (Å²) >= 11 is 2.65. The van der Waals surface area contributed by atoms with Crippen molar-refractivity contribution in [3.8, 4) is 0 Å². The Morgan fingerprint density at radius 2 is 0.788 bits per heavy atom.